The number of H-pyrrole nitrogens is 1. The molecule has 0 spiro atoms. The average molecular weight is 237 g/mol. The van der Waals surface area contributed by atoms with Gasteiger partial charge in [0.15, 0.2) is 0 Å². The number of pyridine rings is 1. The molecule has 18 heavy (non-hydrogen) atoms. The molecule has 0 aliphatic heterocycles. The van der Waals surface area contributed by atoms with Gasteiger partial charge in [0.25, 0.3) is 0 Å². The van der Waals surface area contributed by atoms with Gasteiger partial charge in [-0.25, -0.2) is 4.98 Å². The van der Waals surface area contributed by atoms with Crippen LogP contribution in [0.4, 0.5) is 5.82 Å². The Labute approximate surface area is 106 Å². The van der Waals surface area contributed by atoms with E-state index >= 15 is 0 Å². The van der Waals surface area contributed by atoms with E-state index in [9.17, 15) is 0 Å². The van der Waals surface area contributed by atoms with E-state index in [1.165, 1.54) is 16.5 Å². The van der Waals surface area contributed by atoms with E-state index in [1.807, 2.05) is 19.3 Å². The monoisotopic (exact) mass is 237 g/mol. The van der Waals surface area contributed by atoms with E-state index < -0.39 is 0 Å². The van der Waals surface area contributed by atoms with Crippen molar-refractivity contribution in [3.05, 3.63) is 47.8 Å². The highest BCUT2D eigenvalue weighted by Crippen LogP contribution is 2.29. The minimum absolute atomic E-state index is 0.592. The molecule has 0 amide bonds. The molecule has 0 saturated carbocycles. The lowest BCUT2D eigenvalue weighted by Crippen LogP contribution is -1.93. The fourth-order valence-electron chi connectivity index (χ4n) is 2.21. The lowest BCUT2D eigenvalue weighted by Gasteiger charge is -2.03. The number of aryl methyl sites for hydroxylation is 2. The first-order valence-electron chi connectivity index (χ1n) is 5.95. The van der Waals surface area contributed by atoms with Crippen LogP contribution in [0.1, 0.15) is 11.1 Å². The Bertz CT molecular complexity index is 726. The quantitative estimate of drug-likeness (QED) is 0.681. The fourth-order valence-corrected chi connectivity index (χ4v) is 2.21. The largest absolute Gasteiger partial charge is 0.383 e. The minimum atomic E-state index is 0.592. The van der Waals surface area contributed by atoms with E-state index in [-0.39, 0.29) is 0 Å². The summed E-state index contributed by atoms with van der Waals surface area (Å²) in [6.45, 7) is 4.08. The summed E-state index contributed by atoms with van der Waals surface area (Å²) in [4.78, 5) is 7.52. The summed E-state index contributed by atoms with van der Waals surface area (Å²) in [5.74, 6) is 0.592. The molecule has 3 rings (SSSR count). The summed E-state index contributed by atoms with van der Waals surface area (Å²) in [5, 5.41) is 1.22. The molecule has 3 N–H and O–H groups in total. The molecule has 0 radical (unpaired) electrons. The fraction of sp³-hybridized carbons (Fsp3) is 0.133. The number of nitrogen functional groups attached to an aromatic ring is 1. The number of aromatic nitrogens is 2. The number of anilines is 1. The van der Waals surface area contributed by atoms with Gasteiger partial charge in [-0.15, -0.1) is 0 Å². The zero-order valence-electron chi connectivity index (χ0n) is 10.5. The van der Waals surface area contributed by atoms with Gasteiger partial charge in [0.05, 0.1) is 0 Å². The number of aromatic amines is 1. The number of nitrogens with zero attached hydrogens (tertiary/aromatic N) is 1. The summed E-state index contributed by atoms with van der Waals surface area (Å²) in [5.41, 5.74) is 11.4. The highest BCUT2D eigenvalue weighted by molar-refractivity contribution is 5.95. The van der Waals surface area contributed by atoms with Crippen LogP contribution in [0.2, 0.25) is 0 Å². The van der Waals surface area contributed by atoms with Gasteiger partial charge in [0.2, 0.25) is 0 Å². The molecule has 0 bridgehead atoms. The summed E-state index contributed by atoms with van der Waals surface area (Å²) in [7, 11) is 0. The highest BCUT2D eigenvalue weighted by Gasteiger charge is 2.07. The Morgan fingerprint density at radius 2 is 2.00 bits per heavy atom. The average Bonchev–Trinajstić information content (AvgIpc) is 2.75. The second kappa shape index (κ2) is 3.88. The number of nitrogens with two attached hydrogens (primary N) is 1. The molecule has 2 aromatic heterocycles. The van der Waals surface area contributed by atoms with Crippen LogP contribution in [-0.4, -0.2) is 9.97 Å². The molecule has 3 aromatic rings. The normalized spacial score (nSPS) is 11.0. The molecule has 0 saturated heterocycles. The Hall–Kier alpha value is -2.29. The molecule has 0 aliphatic rings. The van der Waals surface area contributed by atoms with Crippen molar-refractivity contribution in [1.29, 1.82) is 0 Å². The van der Waals surface area contributed by atoms with Crippen LogP contribution in [-0.2, 0) is 0 Å². The smallest absolute Gasteiger partial charge is 0.126 e. The molecule has 0 unspecified atom stereocenters. The Balaban J connectivity index is 2.24. The van der Waals surface area contributed by atoms with Crippen molar-refractivity contribution in [2.75, 3.05) is 5.73 Å². The Morgan fingerprint density at radius 3 is 2.78 bits per heavy atom. The van der Waals surface area contributed by atoms with E-state index in [0.29, 0.717) is 5.82 Å². The molecule has 3 nitrogen and oxygen atoms in total. The zero-order valence-corrected chi connectivity index (χ0v) is 10.5. The van der Waals surface area contributed by atoms with Crippen LogP contribution in [0, 0.1) is 13.8 Å². The second-order valence-electron chi connectivity index (χ2n) is 4.68. The molecule has 0 fully saturated rings. The van der Waals surface area contributed by atoms with Gasteiger partial charge in [-0.3, -0.25) is 0 Å². The number of fused-ring (bicyclic) bond motifs is 1. The number of hydrogen-bond acceptors (Lipinski definition) is 2. The lowest BCUT2D eigenvalue weighted by atomic mass is 10.0. The van der Waals surface area contributed by atoms with E-state index in [0.717, 1.165) is 16.6 Å². The van der Waals surface area contributed by atoms with Crippen molar-refractivity contribution in [3.63, 3.8) is 0 Å². The van der Waals surface area contributed by atoms with Gasteiger partial charge in [-0.05, 0) is 37.6 Å². The molecule has 0 aliphatic carbocycles. The van der Waals surface area contributed by atoms with Crippen LogP contribution in [0.3, 0.4) is 0 Å². The SMILES string of the molecule is Cc1ccc2[nH]cc(-c3cnc(N)c(C)c3)c2c1. The molecular formula is C15H15N3. The summed E-state index contributed by atoms with van der Waals surface area (Å²) < 4.78 is 0. The molecule has 1 aromatic carbocycles. The van der Waals surface area contributed by atoms with Crippen LogP contribution >= 0.6 is 0 Å². The first-order chi connectivity index (χ1) is 8.65. The van der Waals surface area contributed by atoms with Gasteiger partial charge in [-0.2, -0.15) is 0 Å². The number of rotatable bonds is 1. The lowest BCUT2D eigenvalue weighted by molar-refractivity contribution is 1.28. The highest BCUT2D eigenvalue weighted by atomic mass is 14.8. The van der Waals surface area contributed by atoms with Crippen LogP contribution in [0.15, 0.2) is 36.7 Å². The second-order valence-corrected chi connectivity index (χ2v) is 4.68. The van der Waals surface area contributed by atoms with Gasteiger partial charge in [0.1, 0.15) is 5.82 Å². The number of nitrogens with one attached hydrogen (secondary N) is 1. The molecule has 0 atom stereocenters. The predicted octanol–water partition coefficient (Wildman–Crippen LogP) is 3.43. The van der Waals surface area contributed by atoms with Gasteiger partial charge < -0.3 is 10.7 Å². The van der Waals surface area contributed by atoms with E-state index in [4.69, 9.17) is 5.73 Å². The van der Waals surface area contributed by atoms with Gasteiger partial charge in [0, 0.05) is 34.4 Å². The van der Waals surface area contributed by atoms with Crippen molar-refractivity contribution in [2.24, 2.45) is 0 Å². The van der Waals surface area contributed by atoms with Crippen molar-refractivity contribution in [2.45, 2.75) is 13.8 Å². The first kappa shape index (κ1) is 10.8. The Kier molecular flexibility index (Phi) is 2.33. The first-order valence-corrected chi connectivity index (χ1v) is 5.95. The third-order valence-electron chi connectivity index (χ3n) is 3.27. The summed E-state index contributed by atoms with van der Waals surface area (Å²) in [6, 6.07) is 8.47. The third kappa shape index (κ3) is 1.64. The van der Waals surface area contributed by atoms with Crippen molar-refractivity contribution < 1.29 is 0 Å². The van der Waals surface area contributed by atoms with E-state index in [1.54, 1.807) is 0 Å². The maximum atomic E-state index is 5.76. The standard InChI is InChI=1S/C15H15N3/c1-9-3-4-14-12(5-9)13(8-17-14)11-6-10(2)15(16)18-7-11/h3-8,17H,1-2H3,(H2,16,18). The molecule has 90 valence electrons. The predicted molar refractivity (Wildman–Crippen MR) is 75.4 cm³/mol. The maximum absolute atomic E-state index is 5.76. The van der Waals surface area contributed by atoms with Crippen LogP contribution < -0.4 is 5.73 Å². The Morgan fingerprint density at radius 1 is 1.17 bits per heavy atom. The molecule has 2 heterocycles. The molecule has 3 heteroatoms. The van der Waals surface area contributed by atoms with Crippen LogP contribution in [0.5, 0.6) is 0 Å². The number of benzene rings is 1. The third-order valence-corrected chi connectivity index (χ3v) is 3.27. The van der Waals surface area contributed by atoms with Crippen molar-refractivity contribution >= 4 is 16.7 Å². The van der Waals surface area contributed by atoms with Gasteiger partial charge in [-0.1, -0.05) is 11.6 Å². The van der Waals surface area contributed by atoms with Crippen molar-refractivity contribution in [1.82, 2.24) is 9.97 Å². The van der Waals surface area contributed by atoms with Crippen LogP contribution in [0.25, 0.3) is 22.0 Å². The molecular weight excluding hydrogens is 222 g/mol. The zero-order chi connectivity index (χ0) is 12.7. The van der Waals surface area contributed by atoms with Crippen molar-refractivity contribution in [3.8, 4) is 11.1 Å². The number of hydrogen-bond donors (Lipinski definition) is 2. The summed E-state index contributed by atoms with van der Waals surface area (Å²) >= 11 is 0. The van der Waals surface area contributed by atoms with Gasteiger partial charge >= 0.3 is 0 Å². The maximum Gasteiger partial charge on any atom is 0.126 e. The minimum Gasteiger partial charge on any atom is -0.383 e. The van der Waals surface area contributed by atoms with E-state index in [2.05, 4.69) is 41.2 Å². The summed E-state index contributed by atoms with van der Waals surface area (Å²) in [6.07, 6.45) is 3.85. The topological polar surface area (TPSA) is 54.7 Å².